The Morgan fingerprint density at radius 1 is 1.31 bits per heavy atom. The lowest BCUT2D eigenvalue weighted by atomic mass is 10.2. The second-order valence-electron chi connectivity index (χ2n) is 3.16. The van der Waals surface area contributed by atoms with Gasteiger partial charge in [0.25, 0.3) is 0 Å². The fourth-order valence-electron chi connectivity index (χ4n) is 1.47. The van der Waals surface area contributed by atoms with Crippen molar-refractivity contribution < 1.29 is 5.11 Å². The molecule has 0 radical (unpaired) electrons. The van der Waals surface area contributed by atoms with Gasteiger partial charge in [-0.25, -0.2) is 0 Å². The first kappa shape index (κ1) is 10.2. The van der Waals surface area contributed by atoms with Crippen molar-refractivity contribution >= 4 is 0 Å². The van der Waals surface area contributed by atoms with Crippen molar-refractivity contribution in [2.24, 2.45) is 0 Å². The van der Waals surface area contributed by atoms with E-state index in [1.807, 2.05) is 37.4 Å². The van der Waals surface area contributed by atoms with Crippen LogP contribution in [0.5, 0.6) is 0 Å². The molecule has 2 unspecified atom stereocenters. The molecule has 2 heteroatoms. The molecule has 2 atom stereocenters. The summed E-state index contributed by atoms with van der Waals surface area (Å²) in [5.41, 5.74) is 0.976. The van der Waals surface area contributed by atoms with Crippen LogP contribution in [0.4, 0.5) is 0 Å². The van der Waals surface area contributed by atoms with Crippen LogP contribution in [0.25, 0.3) is 0 Å². The number of rotatable bonds is 4. The van der Waals surface area contributed by atoms with Gasteiger partial charge in [0.1, 0.15) is 0 Å². The van der Waals surface area contributed by atoms with Gasteiger partial charge in [-0.05, 0) is 19.0 Å². The summed E-state index contributed by atoms with van der Waals surface area (Å²) in [4.78, 5) is 0. The number of hydrogen-bond acceptors (Lipinski definition) is 2. The Morgan fingerprint density at radius 2 is 1.92 bits per heavy atom. The summed E-state index contributed by atoms with van der Waals surface area (Å²) >= 11 is 0. The SMILES string of the molecule is CCC(NC)C(O)[13c]1[13cH][13cH][13cH][13cH][13cH]1. The van der Waals surface area contributed by atoms with E-state index in [1.54, 1.807) is 0 Å². The average Bonchev–Trinajstić information content (AvgIpc) is 2.21. The molecule has 1 aromatic rings. The first-order valence-corrected chi connectivity index (χ1v) is 4.69. The topological polar surface area (TPSA) is 32.3 Å². The maximum atomic E-state index is 9.92. The molecule has 0 heterocycles. The van der Waals surface area contributed by atoms with Gasteiger partial charge in [-0.2, -0.15) is 0 Å². The maximum absolute atomic E-state index is 9.92. The third-order valence-corrected chi connectivity index (χ3v) is 2.33. The smallest absolute Gasteiger partial charge is 0.0942 e. The van der Waals surface area contributed by atoms with Gasteiger partial charge in [-0.3, -0.25) is 0 Å². The Balaban J connectivity index is 2.72. The minimum absolute atomic E-state index is 0.141. The summed E-state index contributed by atoms with van der Waals surface area (Å²) in [6.45, 7) is 2.06. The summed E-state index contributed by atoms with van der Waals surface area (Å²) in [7, 11) is 1.88. The van der Waals surface area contributed by atoms with Crippen LogP contribution in [0.1, 0.15) is 25.0 Å². The van der Waals surface area contributed by atoms with E-state index in [4.69, 9.17) is 0 Å². The largest absolute Gasteiger partial charge is 0.387 e. The van der Waals surface area contributed by atoms with E-state index in [0.29, 0.717) is 0 Å². The Morgan fingerprint density at radius 3 is 2.38 bits per heavy atom. The van der Waals surface area contributed by atoms with Gasteiger partial charge in [-0.15, -0.1) is 0 Å². The van der Waals surface area contributed by atoms with Gasteiger partial charge < -0.3 is 10.4 Å². The molecule has 1 rings (SSSR count). The van der Waals surface area contributed by atoms with Crippen molar-refractivity contribution in [2.45, 2.75) is 25.5 Å². The molecular weight excluding hydrogens is 168 g/mol. The predicted octanol–water partition coefficient (Wildman–Crippen LogP) is 1.72. The molecule has 72 valence electrons. The quantitative estimate of drug-likeness (QED) is 0.748. The lowest BCUT2D eigenvalue weighted by Crippen LogP contribution is -2.31. The third-order valence-electron chi connectivity index (χ3n) is 2.33. The van der Waals surface area contributed by atoms with Crippen LogP contribution in [0.15, 0.2) is 30.3 Å². The van der Waals surface area contributed by atoms with Crippen LogP contribution in [0, 0.1) is 0 Å². The van der Waals surface area contributed by atoms with Crippen molar-refractivity contribution in [3.05, 3.63) is 35.9 Å². The summed E-state index contributed by atoms with van der Waals surface area (Å²) in [5, 5.41) is 13.0. The molecule has 0 spiro atoms. The minimum Gasteiger partial charge on any atom is -0.387 e. The third kappa shape index (κ3) is 2.54. The van der Waals surface area contributed by atoms with Crippen molar-refractivity contribution in [1.82, 2.24) is 5.32 Å². The van der Waals surface area contributed by atoms with Gasteiger partial charge in [0.2, 0.25) is 0 Å². The first-order chi connectivity index (χ1) is 6.29. The number of hydrogen-bond donors (Lipinski definition) is 2. The molecule has 1 aromatic carbocycles. The van der Waals surface area contributed by atoms with E-state index in [2.05, 4.69) is 12.2 Å². The van der Waals surface area contributed by atoms with Crippen LogP contribution in [0.2, 0.25) is 0 Å². The molecule has 0 amide bonds. The molecule has 0 saturated carbocycles. The van der Waals surface area contributed by atoms with E-state index in [9.17, 15) is 5.11 Å². The molecule has 0 saturated heterocycles. The lowest BCUT2D eigenvalue weighted by Gasteiger charge is -2.21. The zero-order valence-electron chi connectivity index (χ0n) is 8.20. The number of benzene rings is 1. The molecule has 0 aliphatic carbocycles. The van der Waals surface area contributed by atoms with Gasteiger partial charge in [0, 0.05) is 6.04 Å². The van der Waals surface area contributed by atoms with Gasteiger partial charge >= 0.3 is 0 Å². The highest BCUT2D eigenvalue weighted by molar-refractivity contribution is 5.18. The normalized spacial score (nSPS) is 15.3. The van der Waals surface area contributed by atoms with Crippen LogP contribution in [0.3, 0.4) is 0 Å². The Hall–Kier alpha value is -0.860. The molecule has 2 nitrogen and oxygen atoms in total. The van der Waals surface area contributed by atoms with E-state index in [1.165, 1.54) is 0 Å². The lowest BCUT2D eigenvalue weighted by molar-refractivity contribution is 0.130. The predicted molar refractivity (Wildman–Crippen MR) is 54.5 cm³/mol. The van der Waals surface area contributed by atoms with Crippen molar-refractivity contribution in [3.63, 3.8) is 0 Å². The zero-order chi connectivity index (χ0) is 9.68. The molecule has 13 heavy (non-hydrogen) atoms. The summed E-state index contributed by atoms with van der Waals surface area (Å²) in [6.07, 6.45) is 0.517. The highest BCUT2D eigenvalue weighted by atomic mass is 16.3. The number of aliphatic hydroxyl groups is 1. The highest BCUT2D eigenvalue weighted by Crippen LogP contribution is 2.17. The van der Waals surface area contributed by atoms with Crippen molar-refractivity contribution in [3.8, 4) is 0 Å². The van der Waals surface area contributed by atoms with Crippen LogP contribution < -0.4 is 5.32 Å². The number of nitrogens with one attached hydrogen (secondary N) is 1. The molecule has 0 bridgehead atoms. The van der Waals surface area contributed by atoms with Crippen LogP contribution >= 0.6 is 0 Å². The Labute approximate surface area is 79.6 Å². The average molecular weight is 185 g/mol. The fourth-order valence-corrected chi connectivity index (χ4v) is 1.47. The monoisotopic (exact) mass is 185 g/mol. The molecule has 0 aliphatic heterocycles. The molecule has 0 aromatic heterocycles. The zero-order valence-corrected chi connectivity index (χ0v) is 8.20. The second kappa shape index (κ2) is 5.00. The second-order valence-corrected chi connectivity index (χ2v) is 3.16. The van der Waals surface area contributed by atoms with E-state index < -0.39 is 6.10 Å². The molecule has 0 fully saturated rings. The van der Waals surface area contributed by atoms with Gasteiger partial charge in [-0.1, -0.05) is 37.3 Å². The van der Waals surface area contributed by atoms with Crippen molar-refractivity contribution in [1.29, 1.82) is 0 Å². The van der Waals surface area contributed by atoms with Crippen LogP contribution in [-0.2, 0) is 0 Å². The van der Waals surface area contributed by atoms with Gasteiger partial charge in [0.05, 0.1) is 6.10 Å². The minimum atomic E-state index is -0.406. The highest BCUT2D eigenvalue weighted by Gasteiger charge is 2.16. The Bertz CT molecular complexity index is 231. The summed E-state index contributed by atoms with van der Waals surface area (Å²) in [5.74, 6) is 0. The van der Waals surface area contributed by atoms with E-state index in [-0.39, 0.29) is 6.04 Å². The standard InChI is InChI=1S/C11H17NO/c1-3-10(12-2)11(13)9-7-5-4-6-8-9/h4-8,10-13H,3H2,1-2H3/i4+1,5+1,6+1,7+1,8+1,9+1. The Kier molecular flexibility index (Phi) is 3.93. The number of aliphatic hydroxyl groups excluding tert-OH is 1. The van der Waals surface area contributed by atoms with E-state index >= 15 is 0 Å². The number of likely N-dealkylation sites (N-methyl/N-ethyl adjacent to an activating group) is 1. The fraction of sp³-hybridized carbons (Fsp3) is 0.455. The molecule has 0 aliphatic rings. The molecular formula is C11H17NO. The summed E-state index contributed by atoms with van der Waals surface area (Å²) in [6, 6.07) is 9.88. The summed E-state index contributed by atoms with van der Waals surface area (Å²) < 4.78 is 0. The first-order valence-electron chi connectivity index (χ1n) is 4.69. The van der Waals surface area contributed by atoms with Crippen molar-refractivity contribution in [2.75, 3.05) is 7.05 Å². The van der Waals surface area contributed by atoms with E-state index in [0.717, 1.165) is 12.0 Å². The maximum Gasteiger partial charge on any atom is 0.0942 e. The van der Waals surface area contributed by atoms with Gasteiger partial charge in [0.15, 0.2) is 0 Å². The van der Waals surface area contributed by atoms with Crippen LogP contribution in [-0.4, -0.2) is 18.2 Å². The molecule has 2 N–H and O–H groups in total.